The number of halogens is 1. The molecule has 0 spiro atoms. The van der Waals surface area contributed by atoms with Gasteiger partial charge in [0.1, 0.15) is 0 Å². The third kappa shape index (κ3) is 4.64. The van der Waals surface area contributed by atoms with E-state index in [-0.39, 0.29) is 0 Å². The Morgan fingerprint density at radius 2 is 1.80 bits per heavy atom. The van der Waals surface area contributed by atoms with Crippen LogP contribution >= 0.6 is 15.9 Å². The summed E-state index contributed by atoms with van der Waals surface area (Å²) >= 11 is 3.34. The van der Waals surface area contributed by atoms with Crippen molar-refractivity contribution in [3.05, 3.63) is 64.5 Å². The van der Waals surface area contributed by atoms with Crippen molar-refractivity contribution in [1.29, 1.82) is 0 Å². The van der Waals surface area contributed by atoms with E-state index in [0.29, 0.717) is 49.3 Å². The van der Waals surface area contributed by atoms with Crippen LogP contribution in [0.3, 0.4) is 0 Å². The normalized spacial score (nSPS) is 16.1. The number of rotatable bonds is 6. The first-order valence-electron chi connectivity index (χ1n) is 9.85. The fraction of sp³-hybridized carbons (Fsp3) is 0.333. The Balaban J connectivity index is 1.36. The quantitative estimate of drug-likeness (QED) is 0.525. The molecule has 0 bridgehead atoms. The van der Waals surface area contributed by atoms with Crippen molar-refractivity contribution in [2.45, 2.75) is 24.8 Å². The smallest absolute Gasteiger partial charge is 0.243 e. The lowest BCUT2D eigenvalue weighted by Crippen LogP contribution is -2.48. The first kappa shape index (κ1) is 21.2. The highest BCUT2D eigenvalue weighted by atomic mass is 79.9. The van der Waals surface area contributed by atoms with Crippen LogP contribution in [-0.4, -0.2) is 53.9 Å². The van der Waals surface area contributed by atoms with Crippen molar-refractivity contribution in [1.82, 2.24) is 19.3 Å². The van der Waals surface area contributed by atoms with Crippen LogP contribution in [0.25, 0.3) is 11.4 Å². The zero-order valence-corrected chi connectivity index (χ0v) is 19.1. The molecule has 1 aliphatic rings. The molecule has 7 nitrogen and oxygen atoms in total. The van der Waals surface area contributed by atoms with Gasteiger partial charge in [0.15, 0.2) is 0 Å². The lowest BCUT2D eigenvalue weighted by molar-refractivity contribution is 0.163. The molecule has 4 rings (SSSR count). The molecule has 0 atom stereocenters. The summed E-state index contributed by atoms with van der Waals surface area (Å²) in [4.78, 5) is 6.93. The zero-order valence-electron chi connectivity index (χ0n) is 16.7. The SMILES string of the molecule is CCc1ccc(-c2noc(CN3CCN(S(=O)(=O)c4cccc(Br)c4)CC3)n2)cc1. The zero-order chi connectivity index (χ0) is 21.1. The van der Waals surface area contributed by atoms with E-state index in [1.165, 1.54) is 9.87 Å². The average molecular weight is 491 g/mol. The van der Waals surface area contributed by atoms with E-state index in [2.05, 4.69) is 50.0 Å². The van der Waals surface area contributed by atoms with Gasteiger partial charge in [0.25, 0.3) is 0 Å². The summed E-state index contributed by atoms with van der Waals surface area (Å²) in [6, 6.07) is 14.9. The summed E-state index contributed by atoms with van der Waals surface area (Å²) in [6.07, 6.45) is 0.987. The highest BCUT2D eigenvalue weighted by Gasteiger charge is 2.29. The van der Waals surface area contributed by atoms with Gasteiger partial charge in [-0.1, -0.05) is 58.3 Å². The lowest BCUT2D eigenvalue weighted by atomic mass is 10.1. The highest BCUT2D eigenvalue weighted by Crippen LogP contribution is 2.22. The largest absolute Gasteiger partial charge is 0.338 e. The number of aryl methyl sites for hydroxylation is 1. The van der Waals surface area contributed by atoms with Gasteiger partial charge in [0.2, 0.25) is 21.7 Å². The molecule has 0 saturated carbocycles. The van der Waals surface area contributed by atoms with Gasteiger partial charge in [-0.15, -0.1) is 0 Å². The number of benzene rings is 2. The van der Waals surface area contributed by atoms with Gasteiger partial charge in [0.05, 0.1) is 11.4 Å². The van der Waals surface area contributed by atoms with Crippen LogP contribution in [0.15, 0.2) is 62.4 Å². The van der Waals surface area contributed by atoms with Gasteiger partial charge in [-0.05, 0) is 30.2 Å². The van der Waals surface area contributed by atoms with Crippen molar-refractivity contribution >= 4 is 26.0 Å². The van der Waals surface area contributed by atoms with E-state index < -0.39 is 10.0 Å². The number of hydrogen-bond acceptors (Lipinski definition) is 6. The first-order chi connectivity index (χ1) is 14.5. The fourth-order valence-corrected chi connectivity index (χ4v) is 5.44. The molecule has 1 saturated heterocycles. The molecule has 3 aromatic rings. The van der Waals surface area contributed by atoms with E-state index >= 15 is 0 Å². The summed E-state index contributed by atoms with van der Waals surface area (Å²) in [5, 5.41) is 4.09. The summed E-state index contributed by atoms with van der Waals surface area (Å²) in [5.41, 5.74) is 2.19. The van der Waals surface area contributed by atoms with Crippen molar-refractivity contribution in [2.24, 2.45) is 0 Å². The maximum Gasteiger partial charge on any atom is 0.243 e. The molecule has 1 aliphatic heterocycles. The molecule has 0 radical (unpaired) electrons. The van der Waals surface area contributed by atoms with Crippen molar-refractivity contribution < 1.29 is 12.9 Å². The van der Waals surface area contributed by atoms with Crippen LogP contribution in [0, 0.1) is 0 Å². The molecular formula is C21H23BrN4O3S. The third-order valence-corrected chi connectivity index (χ3v) is 7.60. The number of piperazine rings is 1. The molecule has 1 aromatic heterocycles. The number of aromatic nitrogens is 2. The van der Waals surface area contributed by atoms with Crippen molar-refractivity contribution in [3.63, 3.8) is 0 Å². The Bertz CT molecular complexity index is 1110. The Morgan fingerprint density at radius 1 is 1.07 bits per heavy atom. The lowest BCUT2D eigenvalue weighted by Gasteiger charge is -2.33. The van der Waals surface area contributed by atoms with Crippen LogP contribution in [0.5, 0.6) is 0 Å². The van der Waals surface area contributed by atoms with E-state index in [0.717, 1.165) is 16.5 Å². The number of sulfonamides is 1. The van der Waals surface area contributed by atoms with Crippen LogP contribution in [0.4, 0.5) is 0 Å². The summed E-state index contributed by atoms with van der Waals surface area (Å²) in [7, 11) is -3.49. The van der Waals surface area contributed by atoms with Crippen molar-refractivity contribution in [2.75, 3.05) is 26.2 Å². The maximum atomic E-state index is 12.9. The summed E-state index contributed by atoms with van der Waals surface area (Å²) < 4.78 is 33.4. The molecule has 0 aliphatic carbocycles. The van der Waals surface area contributed by atoms with E-state index in [9.17, 15) is 8.42 Å². The van der Waals surface area contributed by atoms with Gasteiger partial charge in [-0.2, -0.15) is 9.29 Å². The van der Waals surface area contributed by atoms with Crippen LogP contribution in [-0.2, 0) is 23.0 Å². The molecule has 2 heterocycles. The average Bonchev–Trinajstić information content (AvgIpc) is 3.22. The fourth-order valence-electron chi connectivity index (χ4n) is 3.42. The van der Waals surface area contributed by atoms with Gasteiger partial charge in [-0.25, -0.2) is 8.42 Å². The van der Waals surface area contributed by atoms with Crippen LogP contribution < -0.4 is 0 Å². The maximum absolute atomic E-state index is 12.9. The van der Waals surface area contributed by atoms with Gasteiger partial charge in [-0.3, -0.25) is 4.90 Å². The molecule has 2 aromatic carbocycles. The monoisotopic (exact) mass is 490 g/mol. The minimum Gasteiger partial charge on any atom is -0.338 e. The number of nitrogens with zero attached hydrogens (tertiary/aromatic N) is 4. The van der Waals surface area contributed by atoms with E-state index in [1.807, 2.05) is 18.2 Å². The second kappa shape index (κ2) is 8.97. The predicted octanol–water partition coefficient (Wildman–Crippen LogP) is 3.57. The standard InChI is InChI=1S/C21H23BrN4O3S/c1-2-16-6-8-17(9-7-16)21-23-20(29-24-21)15-25-10-12-26(13-11-25)30(27,28)19-5-3-4-18(22)14-19/h3-9,14H,2,10-13,15H2,1H3. The third-order valence-electron chi connectivity index (χ3n) is 5.21. The van der Waals surface area contributed by atoms with E-state index in [1.54, 1.807) is 18.2 Å². The first-order valence-corrected chi connectivity index (χ1v) is 12.1. The molecule has 9 heteroatoms. The minimum atomic E-state index is -3.49. The predicted molar refractivity (Wildman–Crippen MR) is 117 cm³/mol. The van der Waals surface area contributed by atoms with Gasteiger partial charge < -0.3 is 4.52 Å². The van der Waals surface area contributed by atoms with Gasteiger partial charge >= 0.3 is 0 Å². The molecule has 0 amide bonds. The topological polar surface area (TPSA) is 79.5 Å². The van der Waals surface area contributed by atoms with Gasteiger partial charge in [0, 0.05) is 36.2 Å². The second-order valence-electron chi connectivity index (χ2n) is 7.20. The highest BCUT2D eigenvalue weighted by molar-refractivity contribution is 9.10. The summed E-state index contributed by atoms with van der Waals surface area (Å²) in [6.45, 7) is 4.69. The van der Waals surface area contributed by atoms with Crippen molar-refractivity contribution in [3.8, 4) is 11.4 Å². The molecular weight excluding hydrogens is 468 g/mol. The van der Waals surface area contributed by atoms with Crippen LogP contribution in [0.2, 0.25) is 0 Å². The molecule has 158 valence electrons. The minimum absolute atomic E-state index is 0.306. The Hall–Kier alpha value is -2.07. The Morgan fingerprint density at radius 3 is 2.47 bits per heavy atom. The molecule has 30 heavy (non-hydrogen) atoms. The Labute approximate surface area is 184 Å². The molecule has 0 unspecified atom stereocenters. The Kier molecular flexibility index (Phi) is 6.33. The van der Waals surface area contributed by atoms with E-state index in [4.69, 9.17) is 4.52 Å². The van der Waals surface area contributed by atoms with Crippen LogP contribution in [0.1, 0.15) is 18.4 Å². The second-order valence-corrected chi connectivity index (χ2v) is 10.1. The number of hydrogen-bond donors (Lipinski definition) is 0. The summed E-state index contributed by atoms with van der Waals surface area (Å²) in [5.74, 6) is 1.11. The molecule has 1 fully saturated rings. The molecule has 0 N–H and O–H groups in total.